The van der Waals surface area contributed by atoms with Crippen LogP contribution in [0.15, 0.2) is 29.2 Å². The van der Waals surface area contributed by atoms with E-state index >= 15 is 0 Å². The third-order valence-corrected chi connectivity index (χ3v) is 5.43. The Hall–Kier alpha value is -2.17. The summed E-state index contributed by atoms with van der Waals surface area (Å²) in [5, 5.41) is 8.73. The quantitative estimate of drug-likeness (QED) is 0.777. The average molecular weight is 371 g/mol. The molecule has 3 aliphatic heterocycles. The summed E-state index contributed by atoms with van der Waals surface area (Å²) in [6, 6.07) is 5.81. The van der Waals surface area contributed by atoms with E-state index < -0.39 is 41.1 Å². The maximum absolute atomic E-state index is 12.6. The van der Waals surface area contributed by atoms with Gasteiger partial charge in [0.25, 0.3) is 10.1 Å². The number of hydrogen-bond donors (Lipinski definition) is 1. The molecule has 0 aromatic heterocycles. The molecule has 1 atom stereocenters. The molecule has 1 aromatic rings. The number of aliphatic carboxylic acids is 1. The highest BCUT2D eigenvalue weighted by Crippen LogP contribution is 2.35. The Morgan fingerprint density at radius 1 is 1.32 bits per heavy atom. The molecule has 4 rings (SSSR count). The highest BCUT2D eigenvalue weighted by Gasteiger charge is 2.50. The molecular weight excluding hydrogens is 354 g/mol. The molecule has 0 aliphatic carbocycles. The maximum Gasteiger partial charge on any atom is 0.412 e. The lowest BCUT2D eigenvalue weighted by molar-refractivity contribution is -0.148. The van der Waals surface area contributed by atoms with Crippen LogP contribution in [0.3, 0.4) is 0 Å². The molecule has 1 N–H and O–H groups in total. The van der Waals surface area contributed by atoms with Crippen molar-refractivity contribution in [3.05, 3.63) is 29.8 Å². The fourth-order valence-corrected chi connectivity index (χ4v) is 4.09. The van der Waals surface area contributed by atoms with E-state index in [0.29, 0.717) is 12.0 Å². The maximum atomic E-state index is 12.6. The molecule has 3 heterocycles. The average Bonchev–Trinajstić information content (AvgIpc) is 2.94. The van der Waals surface area contributed by atoms with Crippen molar-refractivity contribution < 1.29 is 36.8 Å². The van der Waals surface area contributed by atoms with Gasteiger partial charge in [0, 0.05) is 13.0 Å². The fraction of sp³-hybridized carbons (Fsp3) is 0.467. The largest absolute Gasteiger partial charge is 0.480 e. The number of hydrogen-bond acceptors (Lipinski definition) is 7. The number of nitrogens with zero attached hydrogens (tertiary/aromatic N) is 1. The first kappa shape index (κ1) is 17.6. The predicted octanol–water partition coefficient (Wildman–Crippen LogP) is 0.935. The monoisotopic (exact) mass is 371 g/mol. The molecule has 0 spiro atoms. The summed E-state index contributed by atoms with van der Waals surface area (Å²) in [5.74, 6) is -1.21. The van der Waals surface area contributed by atoms with Gasteiger partial charge in [-0.3, -0.25) is 4.90 Å². The lowest BCUT2D eigenvalue weighted by atomic mass is 10.2. The van der Waals surface area contributed by atoms with Crippen molar-refractivity contribution in [1.29, 1.82) is 0 Å². The molecule has 3 aliphatic rings. The number of benzene rings is 1. The van der Waals surface area contributed by atoms with Crippen LogP contribution < -0.4 is 0 Å². The summed E-state index contributed by atoms with van der Waals surface area (Å²) in [5.41, 5.74) is -0.992. The zero-order valence-corrected chi connectivity index (χ0v) is 14.0. The van der Waals surface area contributed by atoms with Crippen molar-refractivity contribution in [2.45, 2.75) is 30.1 Å². The highest BCUT2D eigenvalue weighted by molar-refractivity contribution is 7.86. The van der Waals surface area contributed by atoms with Gasteiger partial charge in [-0.1, -0.05) is 12.1 Å². The first-order chi connectivity index (χ1) is 11.8. The van der Waals surface area contributed by atoms with Gasteiger partial charge < -0.3 is 14.6 Å². The van der Waals surface area contributed by atoms with Gasteiger partial charge in [0.15, 0.2) is 5.72 Å². The van der Waals surface area contributed by atoms with E-state index in [0.717, 1.165) is 4.90 Å². The lowest BCUT2D eigenvalue weighted by Gasteiger charge is -2.35. The van der Waals surface area contributed by atoms with Gasteiger partial charge in [0.1, 0.15) is 13.2 Å². The third-order valence-electron chi connectivity index (χ3n) is 4.05. The summed E-state index contributed by atoms with van der Waals surface area (Å²) >= 11 is 0. The molecule has 0 saturated carbocycles. The van der Waals surface area contributed by atoms with Gasteiger partial charge in [-0.15, -0.1) is 0 Å². The molecule has 2 bridgehead atoms. The second kappa shape index (κ2) is 6.62. The minimum absolute atomic E-state index is 0.0122. The molecule has 25 heavy (non-hydrogen) atoms. The van der Waals surface area contributed by atoms with Gasteiger partial charge >= 0.3 is 12.1 Å². The molecule has 1 saturated heterocycles. The van der Waals surface area contributed by atoms with Crippen LogP contribution in [-0.4, -0.2) is 56.0 Å². The number of fused-ring (bicyclic) bond motifs is 5. The van der Waals surface area contributed by atoms with E-state index in [2.05, 4.69) is 0 Å². The Morgan fingerprint density at radius 3 is 2.72 bits per heavy atom. The van der Waals surface area contributed by atoms with E-state index in [9.17, 15) is 18.0 Å². The van der Waals surface area contributed by atoms with Gasteiger partial charge in [0.2, 0.25) is 0 Å². The minimum atomic E-state index is -4.19. The van der Waals surface area contributed by atoms with Crippen LogP contribution in [0.2, 0.25) is 0 Å². The second-order valence-corrected chi connectivity index (χ2v) is 7.37. The van der Waals surface area contributed by atoms with Crippen LogP contribution in [0.4, 0.5) is 4.79 Å². The summed E-state index contributed by atoms with van der Waals surface area (Å²) < 4.78 is 40.9. The van der Waals surface area contributed by atoms with E-state index in [1.54, 1.807) is 0 Å². The molecule has 9 nitrogen and oxygen atoms in total. The molecule has 1 fully saturated rings. The van der Waals surface area contributed by atoms with Crippen molar-refractivity contribution in [2.24, 2.45) is 0 Å². The molecule has 1 aromatic carbocycles. The molecular formula is C15H17NO8S. The Morgan fingerprint density at radius 2 is 2.04 bits per heavy atom. The highest BCUT2D eigenvalue weighted by atomic mass is 32.2. The zero-order valence-electron chi connectivity index (χ0n) is 13.2. The number of carbonyl (C=O) groups excluding carboxylic acids is 1. The van der Waals surface area contributed by atoms with Crippen molar-refractivity contribution >= 4 is 22.2 Å². The Balaban J connectivity index is 1.98. The molecule has 0 unspecified atom stereocenters. The molecule has 136 valence electrons. The topological polar surface area (TPSA) is 119 Å². The summed E-state index contributed by atoms with van der Waals surface area (Å²) in [4.78, 5) is 24.2. The number of amides is 1. The smallest absolute Gasteiger partial charge is 0.412 e. The standard InChI is InChI=1S/C15H17NO8S/c17-13(18)9-22-10-15-6-1-7-16(15)14(19)23-8-11-2-4-12(5-3-11)25(20,21)24-15/h2-5H,1,6-10H2,(H,17,18)/t15-/m0/s1. The first-order valence-corrected chi connectivity index (χ1v) is 9.02. The van der Waals surface area contributed by atoms with Crippen LogP contribution in [0.1, 0.15) is 18.4 Å². The third kappa shape index (κ3) is 3.60. The molecule has 0 radical (unpaired) electrons. The predicted molar refractivity (Wildman–Crippen MR) is 82.0 cm³/mol. The zero-order chi connectivity index (χ0) is 18.1. The fourth-order valence-electron chi connectivity index (χ4n) is 2.90. The number of carboxylic acid groups (broad SMARTS) is 1. The van der Waals surface area contributed by atoms with Gasteiger partial charge in [-0.25, -0.2) is 13.8 Å². The SMILES string of the molecule is O=C(O)COC[C@@]12CCCN1C(=O)OCc1ccc(cc1)S(=O)(=O)O2. The number of carboxylic acids is 1. The molecule has 10 heteroatoms. The van der Waals surface area contributed by atoms with Gasteiger partial charge in [-0.05, 0) is 24.1 Å². The van der Waals surface area contributed by atoms with Gasteiger partial charge in [0.05, 0.1) is 11.5 Å². The minimum Gasteiger partial charge on any atom is -0.480 e. The van der Waals surface area contributed by atoms with Crippen LogP contribution in [0, 0.1) is 0 Å². The summed E-state index contributed by atoms with van der Waals surface area (Å²) in [7, 11) is -4.19. The van der Waals surface area contributed by atoms with E-state index in [1.165, 1.54) is 24.3 Å². The molecule has 1 amide bonds. The van der Waals surface area contributed by atoms with Crippen molar-refractivity contribution in [3.63, 3.8) is 0 Å². The van der Waals surface area contributed by atoms with Crippen LogP contribution in [0.5, 0.6) is 0 Å². The van der Waals surface area contributed by atoms with Crippen molar-refractivity contribution in [3.8, 4) is 0 Å². The number of rotatable bonds is 4. The van der Waals surface area contributed by atoms with E-state index in [-0.39, 0.29) is 24.5 Å². The van der Waals surface area contributed by atoms with Crippen LogP contribution in [-0.2, 0) is 35.2 Å². The summed E-state index contributed by atoms with van der Waals surface area (Å²) in [6.07, 6.45) is -0.0899. The van der Waals surface area contributed by atoms with Crippen LogP contribution >= 0.6 is 0 Å². The Bertz CT molecular complexity index is 775. The summed E-state index contributed by atoms with van der Waals surface area (Å²) in [6.45, 7) is -0.828. The number of carbonyl (C=O) groups is 2. The Labute approximate surface area is 144 Å². The Kier molecular flexibility index (Phi) is 4.67. The van der Waals surface area contributed by atoms with E-state index in [4.69, 9.17) is 18.8 Å². The first-order valence-electron chi connectivity index (χ1n) is 7.61. The lowest BCUT2D eigenvalue weighted by Crippen LogP contribution is -2.53. The van der Waals surface area contributed by atoms with Gasteiger partial charge in [-0.2, -0.15) is 8.42 Å². The van der Waals surface area contributed by atoms with Crippen LogP contribution in [0.25, 0.3) is 0 Å². The van der Waals surface area contributed by atoms with Crippen molar-refractivity contribution in [1.82, 2.24) is 4.90 Å². The normalized spacial score (nSPS) is 25.1. The number of ether oxygens (including phenoxy) is 2. The van der Waals surface area contributed by atoms with Crippen molar-refractivity contribution in [2.75, 3.05) is 19.8 Å². The van der Waals surface area contributed by atoms with E-state index in [1.807, 2.05) is 0 Å². The second-order valence-electron chi connectivity index (χ2n) is 5.82.